The lowest BCUT2D eigenvalue weighted by Gasteiger charge is -2.20. The second kappa shape index (κ2) is 9.38. The number of carbonyl (C=O) groups is 1. The van der Waals surface area contributed by atoms with E-state index in [4.69, 9.17) is 21.2 Å². The number of halogens is 1. The van der Waals surface area contributed by atoms with Crippen LogP contribution in [0.5, 0.6) is 5.75 Å². The van der Waals surface area contributed by atoms with Crippen molar-refractivity contribution in [3.8, 4) is 5.75 Å². The molecule has 0 bridgehead atoms. The summed E-state index contributed by atoms with van der Waals surface area (Å²) in [6.45, 7) is 1.93. The van der Waals surface area contributed by atoms with E-state index in [1.807, 2.05) is 31.2 Å². The Kier molecular flexibility index (Phi) is 7.42. The third-order valence-electron chi connectivity index (χ3n) is 4.29. The van der Waals surface area contributed by atoms with E-state index >= 15 is 0 Å². The quantitative estimate of drug-likeness (QED) is 0.654. The van der Waals surface area contributed by atoms with Gasteiger partial charge in [-0.15, -0.1) is 0 Å². The molecule has 2 aromatic rings. The van der Waals surface area contributed by atoms with E-state index < -0.39 is 15.9 Å². The van der Waals surface area contributed by atoms with Crippen LogP contribution in [0.15, 0.2) is 47.4 Å². The van der Waals surface area contributed by atoms with E-state index in [-0.39, 0.29) is 21.5 Å². The van der Waals surface area contributed by atoms with Gasteiger partial charge in [-0.1, -0.05) is 41.2 Å². The van der Waals surface area contributed by atoms with Gasteiger partial charge >= 0.3 is 0 Å². The zero-order valence-electron chi connectivity index (χ0n) is 16.1. The van der Waals surface area contributed by atoms with Gasteiger partial charge < -0.3 is 10.1 Å². The van der Waals surface area contributed by atoms with Crippen molar-refractivity contribution in [3.63, 3.8) is 0 Å². The summed E-state index contributed by atoms with van der Waals surface area (Å²) < 4.78 is 31.1. The van der Waals surface area contributed by atoms with E-state index in [0.29, 0.717) is 16.6 Å². The van der Waals surface area contributed by atoms with Crippen molar-refractivity contribution >= 4 is 27.5 Å². The number of hydrogen-bond donors (Lipinski definition) is 1. The molecule has 0 heterocycles. The molecule has 152 valence electrons. The highest BCUT2D eigenvalue weighted by molar-refractivity contribution is 7.89. The minimum absolute atomic E-state index is 0.00257. The molecular weight excluding hydrogens is 404 g/mol. The molecular formula is C19H23ClN2O5S. The monoisotopic (exact) mass is 426 g/mol. The summed E-state index contributed by atoms with van der Waals surface area (Å²) in [5.41, 5.74) is 1.00. The highest BCUT2D eigenvalue weighted by atomic mass is 35.5. The van der Waals surface area contributed by atoms with Crippen molar-refractivity contribution in [3.05, 3.63) is 58.6 Å². The molecule has 0 saturated carbocycles. The fraction of sp³-hybridized carbons (Fsp3) is 0.316. The maximum atomic E-state index is 12.8. The van der Waals surface area contributed by atoms with Crippen molar-refractivity contribution < 1.29 is 22.8 Å². The molecule has 0 aliphatic heterocycles. The van der Waals surface area contributed by atoms with Gasteiger partial charge in [-0.05, 0) is 30.7 Å². The third-order valence-corrected chi connectivity index (χ3v) is 6.46. The molecule has 0 saturated heterocycles. The van der Waals surface area contributed by atoms with Crippen molar-refractivity contribution in [1.29, 1.82) is 0 Å². The standard InChI is InChI=1S/C19H23ClN2O5S/c1-5-16(14-8-6-7-9-17(14)26-3)21-19(23)13-10-11-15(20)18(12-13)28(24,25)22(2)27-4/h6-12,16H,5H2,1-4H3,(H,21,23). The molecule has 0 aromatic heterocycles. The molecule has 1 N–H and O–H groups in total. The molecule has 7 nitrogen and oxygen atoms in total. The first-order valence-electron chi connectivity index (χ1n) is 8.52. The minimum atomic E-state index is -3.99. The van der Waals surface area contributed by atoms with E-state index in [2.05, 4.69) is 5.32 Å². The fourth-order valence-electron chi connectivity index (χ4n) is 2.67. The van der Waals surface area contributed by atoms with Crippen LogP contribution in [0, 0.1) is 0 Å². The highest BCUT2D eigenvalue weighted by Crippen LogP contribution is 2.28. The predicted octanol–water partition coefficient (Wildman–Crippen LogP) is 3.41. The largest absolute Gasteiger partial charge is 0.496 e. The number of methoxy groups -OCH3 is 1. The van der Waals surface area contributed by atoms with E-state index in [1.54, 1.807) is 7.11 Å². The SMILES string of the molecule is CCC(NC(=O)c1ccc(Cl)c(S(=O)(=O)N(C)OC)c1)c1ccccc1OC. The van der Waals surface area contributed by atoms with Crippen LogP contribution in [-0.2, 0) is 14.9 Å². The van der Waals surface area contributed by atoms with E-state index in [1.165, 1.54) is 32.4 Å². The van der Waals surface area contributed by atoms with Gasteiger partial charge in [-0.25, -0.2) is 8.42 Å². The van der Waals surface area contributed by atoms with Crippen molar-refractivity contribution in [2.45, 2.75) is 24.3 Å². The first-order valence-corrected chi connectivity index (χ1v) is 10.3. The van der Waals surface area contributed by atoms with Crippen LogP contribution in [0.1, 0.15) is 35.3 Å². The molecule has 1 unspecified atom stereocenters. The second-order valence-electron chi connectivity index (χ2n) is 5.92. The maximum Gasteiger partial charge on any atom is 0.266 e. The Hall–Kier alpha value is -2.13. The summed E-state index contributed by atoms with van der Waals surface area (Å²) >= 11 is 6.05. The number of nitrogens with zero attached hydrogens (tertiary/aromatic N) is 1. The average molecular weight is 427 g/mol. The summed E-state index contributed by atoms with van der Waals surface area (Å²) in [7, 11) is 0.0386. The normalized spacial score (nSPS) is 12.6. The van der Waals surface area contributed by atoms with Crippen LogP contribution < -0.4 is 10.1 Å². The number of nitrogens with one attached hydrogen (secondary N) is 1. The van der Waals surface area contributed by atoms with Crippen molar-refractivity contribution in [2.24, 2.45) is 0 Å². The van der Waals surface area contributed by atoms with Gasteiger partial charge in [-0.2, -0.15) is 0 Å². The highest BCUT2D eigenvalue weighted by Gasteiger charge is 2.26. The molecule has 1 amide bonds. The predicted molar refractivity (Wildman–Crippen MR) is 107 cm³/mol. The number of amides is 1. The maximum absolute atomic E-state index is 12.8. The van der Waals surface area contributed by atoms with Gasteiger partial charge in [0, 0.05) is 18.2 Å². The number of ether oxygens (including phenoxy) is 1. The molecule has 1 atom stereocenters. The Morgan fingerprint density at radius 2 is 1.89 bits per heavy atom. The van der Waals surface area contributed by atoms with Crippen LogP contribution >= 0.6 is 11.6 Å². The van der Waals surface area contributed by atoms with Crippen LogP contribution in [0.25, 0.3) is 0 Å². The van der Waals surface area contributed by atoms with Gasteiger partial charge in [-0.3, -0.25) is 9.63 Å². The Balaban J connectivity index is 2.35. The Labute approximate surface area is 170 Å². The van der Waals surface area contributed by atoms with Crippen molar-refractivity contribution in [2.75, 3.05) is 21.3 Å². The number of para-hydroxylation sites is 1. The van der Waals surface area contributed by atoms with Gasteiger partial charge in [0.2, 0.25) is 0 Å². The van der Waals surface area contributed by atoms with Crippen LogP contribution in [-0.4, -0.2) is 40.1 Å². The number of rotatable bonds is 8. The molecule has 2 rings (SSSR count). The zero-order valence-corrected chi connectivity index (χ0v) is 17.7. The number of carbonyl (C=O) groups excluding carboxylic acids is 1. The molecule has 0 aliphatic rings. The minimum Gasteiger partial charge on any atom is -0.496 e. The molecule has 0 spiro atoms. The first-order chi connectivity index (χ1) is 13.3. The topological polar surface area (TPSA) is 84.9 Å². The van der Waals surface area contributed by atoms with Gasteiger partial charge in [0.05, 0.1) is 25.3 Å². The van der Waals surface area contributed by atoms with Crippen LogP contribution in [0.3, 0.4) is 0 Å². The van der Waals surface area contributed by atoms with Crippen molar-refractivity contribution in [1.82, 2.24) is 9.79 Å². The lowest BCUT2D eigenvalue weighted by Crippen LogP contribution is -2.29. The molecule has 0 aliphatic carbocycles. The fourth-order valence-corrected chi connectivity index (χ4v) is 4.15. The summed E-state index contributed by atoms with van der Waals surface area (Å²) in [6.07, 6.45) is 0.622. The summed E-state index contributed by atoms with van der Waals surface area (Å²) in [5, 5.41) is 2.91. The lowest BCUT2D eigenvalue weighted by atomic mass is 10.0. The Morgan fingerprint density at radius 1 is 1.21 bits per heavy atom. The third kappa shape index (κ3) is 4.64. The molecule has 9 heteroatoms. The van der Waals surface area contributed by atoms with E-state index in [9.17, 15) is 13.2 Å². The molecule has 2 aromatic carbocycles. The number of benzene rings is 2. The summed E-state index contributed by atoms with van der Waals surface area (Å²) in [4.78, 5) is 17.3. The first kappa shape index (κ1) is 22.2. The molecule has 0 fully saturated rings. The molecule has 28 heavy (non-hydrogen) atoms. The van der Waals surface area contributed by atoms with Crippen LogP contribution in [0.4, 0.5) is 0 Å². The Morgan fingerprint density at radius 3 is 2.50 bits per heavy atom. The number of hydroxylamine groups is 1. The summed E-state index contributed by atoms with van der Waals surface area (Å²) in [6, 6.07) is 11.2. The smallest absolute Gasteiger partial charge is 0.266 e. The average Bonchev–Trinajstić information content (AvgIpc) is 2.71. The zero-order chi connectivity index (χ0) is 20.9. The molecule has 0 radical (unpaired) electrons. The summed E-state index contributed by atoms with van der Waals surface area (Å²) in [5.74, 6) is 0.238. The lowest BCUT2D eigenvalue weighted by molar-refractivity contribution is -0.0258. The van der Waals surface area contributed by atoms with Crippen LogP contribution in [0.2, 0.25) is 5.02 Å². The van der Waals surface area contributed by atoms with E-state index in [0.717, 1.165) is 5.56 Å². The van der Waals surface area contributed by atoms with Gasteiger partial charge in [0.1, 0.15) is 10.6 Å². The second-order valence-corrected chi connectivity index (χ2v) is 8.23. The number of sulfonamides is 1. The van der Waals surface area contributed by atoms with Gasteiger partial charge in [0.25, 0.3) is 15.9 Å². The number of hydrogen-bond acceptors (Lipinski definition) is 5. The van der Waals surface area contributed by atoms with Gasteiger partial charge in [0.15, 0.2) is 0 Å². The Bertz CT molecular complexity index is 949.